The molecule has 2 saturated heterocycles. The highest BCUT2D eigenvalue weighted by molar-refractivity contribution is 6.08. The Hall–Kier alpha value is -2.40. The minimum Gasteiger partial charge on any atom is -0.366 e. The van der Waals surface area contributed by atoms with Gasteiger partial charge in [0.05, 0.1) is 0 Å². The molecule has 5 heteroatoms. The van der Waals surface area contributed by atoms with Crippen molar-refractivity contribution in [2.45, 2.75) is 37.4 Å². The summed E-state index contributed by atoms with van der Waals surface area (Å²) in [7, 11) is 0. The lowest BCUT2D eigenvalue weighted by atomic mass is 9.95. The maximum Gasteiger partial charge on any atom is 0.251 e. The van der Waals surface area contributed by atoms with E-state index in [0.717, 1.165) is 23.6 Å². The van der Waals surface area contributed by atoms with E-state index in [1.807, 2.05) is 12.1 Å². The molecule has 2 heterocycles. The third-order valence-electron chi connectivity index (χ3n) is 5.03. The molecular formula is C18H19N3O2. The first kappa shape index (κ1) is 14.2. The maximum atomic E-state index is 12.5. The highest BCUT2D eigenvalue weighted by Crippen LogP contribution is 2.28. The number of fused-ring (bicyclic) bond motifs is 3. The standard InChI is InChI=1S/C18H19N3O2/c19-17(22)13-3-1-2-10-4-5-11(8-14(10)13)18(23)21-16-9-12-6-7-15(16)20-12/h1-5,8,12,15-16,20H,6-7,9H2,(H2,19,22)(H,21,23). The van der Waals surface area contributed by atoms with Crippen molar-refractivity contribution in [2.75, 3.05) is 0 Å². The maximum absolute atomic E-state index is 12.5. The molecule has 2 aliphatic rings. The molecule has 0 spiro atoms. The molecular weight excluding hydrogens is 290 g/mol. The number of benzene rings is 2. The average molecular weight is 309 g/mol. The lowest BCUT2D eigenvalue weighted by Crippen LogP contribution is -2.42. The summed E-state index contributed by atoms with van der Waals surface area (Å²) in [5.74, 6) is -0.573. The minimum atomic E-state index is -0.481. The molecule has 3 atom stereocenters. The number of hydrogen-bond acceptors (Lipinski definition) is 3. The van der Waals surface area contributed by atoms with Crippen molar-refractivity contribution < 1.29 is 9.59 Å². The van der Waals surface area contributed by atoms with Gasteiger partial charge in [0.1, 0.15) is 0 Å². The first-order valence-electron chi connectivity index (χ1n) is 8.01. The number of nitrogens with one attached hydrogen (secondary N) is 2. The van der Waals surface area contributed by atoms with Crippen LogP contribution in [-0.4, -0.2) is 29.9 Å². The zero-order valence-electron chi connectivity index (χ0n) is 12.7. The van der Waals surface area contributed by atoms with Crippen molar-refractivity contribution in [1.29, 1.82) is 0 Å². The van der Waals surface area contributed by atoms with E-state index in [-0.39, 0.29) is 11.9 Å². The van der Waals surface area contributed by atoms with Crippen LogP contribution in [0.4, 0.5) is 0 Å². The summed E-state index contributed by atoms with van der Waals surface area (Å²) >= 11 is 0. The zero-order valence-corrected chi connectivity index (χ0v) is 12.7. The van der Waals surface area contributed by atoms with E-state index in [0.29, 0.717) is 23.2 Å². The Morgan fingerprint density at radius 1 is 1.17 bits per heavy atom. The number of rotatable bonds is 3. The number of carbonyl (C=O) groups excluding carboxylic acids is 2. The second-order valence-corrected chi connectivity index (χ2v) is 6.47. The molecule has 5 nitrogen and oxygen atoms in total. The molecule has 0 aromatic heterocycles. The van der Waals surface area contributed by atoms with E-state index in [1.165, 1.54) is 6.42 Å². The molecule has 2 amide bonds. The predicted octanol–water partition coefficient (Wildman–Crippen LogP) is 1.56. The smallest absolute Gasteiger partial charge is 0.251 e. The molecule has 2 aliphatic heterocycles. The highest BCUT2D eigenvalue weighted by Gasteiger charge is 2.39. The van der Waals surface area contributed by atoms with E-state index < -0.39 is 5.91 Å². The Morgan fingerprint density at radius 2 is 2.04 bits per heavy atom. The third-order valence-corrected chi connectivity index (χ3v) is 5.03. The highest BCUT2D eigenvalue weighted by atomic mass is 16.2. The summed E-state index contributed by atoms with van der Waals surface area (Å²) in [6.45, 7) is 0. The van der Waals surface area contributed by atoms with Crippen LogP contribution in [0.25, 0.3) is 10.8 Å². The summed E-state index contributed by atoms with van der Waals surface area (Å²) < 4.78 is 0. The van der Waals surface area contributed by atoms with Gasteiger partial charge in [-0.05, 0) is 48.2 Å². The van der Waals surface area contributed by atoms with Gasteiger partial charge in [-0.3, -0.25) is 9.59 Å². The number of amides is 2. The van der Waals surface area contributed by atoms with Gasteiger partial charge in [-0.25, -0.2) is 0 Å². The zero-order chi connectivity index (χ0) is 16.0. The Bertz CT molecular complexity index is 802. The molecule has 23 heavy (non-hydrogen) atoms. The van der Waals surface area contributed by atoms with E-state index in [4.69, 9.17) is 5.73 Å². The fourth-order valence-corrected chi connectivity index (χ4v) is 3.86. The molecule has 0 aliphatic carbocycles. The lowest BCUT2D eigenvalue weighted by molar-refractivity contribution is 0.0929. The molecule has 4 rings (SSSR count). The summed E-state index contributed by atoms with van der Waals surface area (Å²) in [4.78, 5) is 24.1. The van der Waals surface area contributed by atoms with E-state index in [9.17, 15) is 9.59 Å². The van der Waals surface area contributed by atoms with Crippen molar-refractivity contribution in [3.63, 3.8) is 0 Å². The lowest BCUT2D eigenvalue weighted by Gasteiger charge is -2.21. The first-order valence-corrected chi connectivity index (χ1v) is 8.01. The second kappa shape index (κ2) is 5.35. The Balaban J connectivity index is 1.62. The summed E-state index contributed by atoms with van der Waals surface area (Å²) in [6.07, 6.45) is 3.32. The largest absolute Gasteiger partial charge is 0.366 e. The van der Waals surface area contributed by atoms with Gasteiger partial charge < -0.3 is 16.4 Å². The van der Waals surface area contributed by atoms with Crippen LogP contribution in [0.2, 0.25) is 0 Å². The summed E-state index contributed by atoms with van der Waals surface area (Å²) in [5.41, 5.74) is 6.44. The Morgan fingerprint density at radius 3 is 2.74 bits per heavy atom. The third kappa shape index (κ3) is 2.47. The Kier molecular flexibility index (Phi) is 3.31. The molecule has 0 saturated carbocycles. The van der Waals surface area contributed by atoms with Crippen LogP contribution in [0.15, 0.2) is 36.4 Å². The van der Waals surface area contributed by atoms with Gasteiger partial charge in [0.15, 0.2) is 0 Å². The van der Waals surface area contributed by atoms with Crippen LogP contribution in [-0.2, 0) is 0 Å². The second-order valence-electron chi connectivity index (χ2n) is 6.47. The van der Waals surface area contributed by atoms with Gasteiger partial charge in [0.25, 0.3) is 5.91 Å². The summed E-state index contributed by atoms with van der Waals surface area (Å²) in [6, 6.07) is 11.9. The van der Waals surface area contributed by atoms with Gasteiger partial charge in [0.2, 0.25) is 5.91 Å². The van der Waals surface area contributed by atoms with Crippen molar-refractivity contribution in [3.05, 3.63) is 47.5 Å². The minimum absolute atomic E-state index is 0.0921. The van der Waals surface area contributed by atoms with Crippen molar-refractivity contribution in [3.8, 4) is 0 Å². The fourth-order valence-electron chi connectivity index (χ4n) is 3.86. The van der Waals surface area contributed by atoms with Crippen LogP contribution in [0.1, 0.15) is 40.0 Å². The number of primary amides is 1. The predicted molar refractivity (Wildman–Crippen MR) is 88.3 cm³/mol. The molecule has 3 unspecified atom stereocenters. The van der Waals surface area contributed by atoms with Crippen LogP contribution >= 0.6 is 0 Å². The van der Waals surface area contributed by atoms with Gasteiger partial charge in [-0.15, -0.1) is 0 Å². The average Bonchev–Trinajstić information content (AvgIpc) is 3.16. The van der Waals surface area contributed by atoms with Crippen LogP contribution in [0.5, 0.6) is 0 Å². The van der Waals surface area contributed by atoms with Crippen LogP contribution < -0.4 is 16.4 Å². The topological polar surface area (TPSA) is 84.2 Å². The summed E-state index contributed by atoms with van der Waals surface area (Å²) in [5, 5.41) is 8.26. The SMILES string of the molecule is NC(=O)c1cccc2ccc(C(=O)NC3CC4CCC3N4)cc12. The van der Waals surface area contributed by atoms with Crippen molar-refractivity contribution in [1.82, 2.24) is 10.6 Å². The Labute approximate surface area is 134 Å². The van der Waals surface area contributed by atoms with Gasteiger partial charge in [-0.1, -0.05) is 18.2 Å². The number of carbonyl (C=O) groups is 2. The van der Waals surface area contributed by atoms with Gasteiger partial charge in [-0.2, -0.15) is 0 Å². The normalized spacial score (nSPS) is 25.7. The van der Waals surface area contributed by atoms with Gasteiger partial charge >= 0.3 is 0 Å². The monoisotopic (exact) mass is 309 g/mol. The number of nitrogens with two attached hydrogens (primary N) is 1. The molecule has 2 aromatic rings. The fraction of sp³-hybridized carbons (Fsp3) is 0.333. The molecule has 4 N–H and O–H groups in total. The van der Waals surface area contributed by atoms with Crippen molar-refractivity contribution >= 4 is 22.6 Å². The number of hydrogen-bond donors (Lipinski definition) is 3. The first-order chi connectivity index (χ1) is 11.1. The quantitative estimate of drug-likeness (QED) is 0.804. The molecule has 2 aromatic carbocycles. The molecule has 2 bridgehead atoms. The molecule has 118 valence electrons. The molecule has 2 fully saturated rings. The van der Waals surface area contributed by atoms with Gasteiger partial charge in [0, 0.05) is 29.3 Å². The van der Waals surface area contributed by atoms with Crippen LogP contribution in [0.3, 0.4) is 0 Å². The van der Waals surface area contributed by atoms with E-state index in [2.05, 4.69) is 10.6 Å². The molecule has 0 radical (unpaired) electrons. The van der Waals surface area contributed by atoms with E-state index >= 15 is 0 Å². The van der Waals surface area contributed by atoms with E-state index in [1.54, 1.807) is 24.3 Å². The van der Waals surface area contributed by atoms with Crippen LogP contribution in [0, 0.1) is 0 Å². The van der Waals surface area contributed by atoms with Crippen molar-refractivity contribution in [2.24, 2.45) is 5.73 Å².